The molecule has 1 aliphatic carbocycles. The monoisotopic (exact) mass is 460 g/mol. The number of amides is 4. The molecule has 4 amide bonds. The van der Waals surface area contributed by atoms with Crippen molar-refractivity contribution in [3.63, 3.8) is 0 Å². The van der Waals surface area contributed by atoms with Crippen LogP contribution in [0, 0.1) is 11.3 Å². The van der Waals surface area contributed by atoms with Crippen molar-refractivity contribution >= 4 is 29.9 Å². The Morgan fingerprint density at radius 2 is 1.73 bits per heavy atom. The highest BCUT2D eigenvalue weighted by atomic mass is 16.5. The van der Waals surface area contributed by atoms with Gasteiger partial charge in [0, 0.05) is 12.3 Å². The first-order valence-electron chi connectivity index (χ1n) is 10.9. The molecule has 1 aliphatic rings. The molecule has 0 saturated heterocycles. The van der Waals surface area contributed by atoms with Crippen molar-refractivity contribution in [2.24, 2.45) is 11.3 Å². The van der Waals surface area contributed by atoms with E-state index in [1.54, 1.807) is 0 Å². The average Bonchev–Trinajstić information content (AvgIpc) is 3.59. The summed E-state index contributed by atoms with van der Waals surface area (Å²) in [4.78, 5) is 59.2. The summed E-state index contributed by atoms with van der Waals surface area (Å²) in [6.07, 6.45) is 2.20. The Kier molecular flexibility index (Phi) is 9.99. The summed E-state index contributed by atoms with van der Waals surface area (Å²) in [6.45, 7) is 3.35. The van der Waals surface area contributed by atoms with Crippen molar-refractivity contribution in [3.05, 3.63) is 35.9 Å². The van der Waals surface area contributed by atoms with Gasteiger partial charge in [0.05, 0.1) is 25.1 Å². The van der Waals surface area contributed by atoms with Crippen molar-refractivity contribution < 1.29 is 28.7 Å². The van der Waals surface area contributed by atoms with Crippen LogP contribution in [0.5, 0.6) is 0 Å². The minimum Gasteiger partial charge on any atom is -0.360 e. The second-order valence-electron chi connectivity index (χ2n) is 8.42. The predicted molar refractivity (Wildman–Crippen MR) is 120 cm³/mol. The summed E-state index contributed by atoms with van der Waals surface area (Å²) in [5.74, 6) is -1.40. The molecule has 0 aliphatic heterocycles. The first-order valence-corrected chi connectivity index (χ1v) is 10.9. The fraction of sp³-hybridized carbons (Fsp3) is 0.522. The van der Waals surface area contributed by atoms with Crippen molar-refractivity contribution in [2.75, 3.05) is 26.4 Å². The molecular formula is C23H32N4O6. The summed E-state index contributed by atoms with van der Waals surface area (Å²) in [6, 6.07) is 8.17. The lowest BCUT2D eigenvalue weighted by Gasteiger charge is -2.19. The second-order valence-corrected chi connectivity index (χ2v) is 8.42. The topological polar surface area (TPSA) is 143 Å². The highest BCUT2D eigenvalue weighted by Crippen LogP contribution is 2.48. The average molecular weight is 461 g/mol. The van der Waals surface area contributed by atoms with Crippen LogP contribution in [0.15, 0.2) is 30.3 Å². The highest BCUT2D eigenvalue weighted by Gasteiger charge is 2.50. The third-order valence-electron chi connectivity index (χ3n) is 5.35. The summed E-state index contributed by atoms with van der Waals surface area (Å²) in [7, 11) is 0. The second kappa shape index (κ2) is 12.7. The number of carbonyl (C=O) groups is 5. The molecule has 1 atom stereocenters. The van der Waals surface area contributed by atoms with Gasteiger partial charge in [0.25, 0.3) is 0 Å². The maximum absolute atomic E-state index is 12.6. The van der Waals surface area contributed by atoms with Gasteiger partial charge in [-0.15, -0.1) is 0 Å². The molecule has 1 unspecified atom stereocenters. The summed E-state index contributed by atoms with van der Waals surface area (Å²) in [5, 5.41) is 9.84. The molecule has 0 radical (unpaired) electrons. The van der Waals surface area contributed by atoms with Crippen molar-refractivity contribution in [1.82, 2.24) is 21.3 Å². The zero-order valence-electron chi connectivity index (χ0n) is 19.0. The number of ether oxygens (including phenoxy) is 1. The quantitative estimate of drug-likeness (QED) is 0.160. The Morgan fingerprint density at radius 1 is 1.03 bits per heavy atom. The molecular weight excluding hydrogens is 428 g/mol. The fourth-order valence-electron chi connectivity index (χ4n) is 3.39. The van der Waals surface area contributed by atoms with Gasteiger partial charge < -0.3 is 26.0 Å². The number of hydrogen-bond donors (Lipinski definition) is 4. The van der Waals surface area contributed by atoms with Gasteiger partial charge in [-0.05, 0) is 18.4 Å². The minimum atomic E-state index is -0.922. The van der Waals surface area contributed by atoms with Gasteiger partial charge in [-0.1, -0.05) is 44.2 Å². The zero-order valence-corrected chi connectivity index (χ0v) is 19.0. The van der Waals surface area contributed by atoms with Gasteiger partial charge in [-0.2, -0.15) is 0 Å². The molecule has 0 aromatic heterocycles. The van der Waals surface area contributed by atoms with Gasteiger partial charge >= 0.3 is 0 Å². The Morgan fingerprint density at radius 3 is 2.33 bits per heavy atom. The van der Waals surface area contributed by atoms with E-state index in [9.17, 15) is 24.0 Å². The number of hydrogen-bond acceptors (Lipinski definition) is 6. The van der Waals surface area contributed by atoms with Crippen LogP contribution in [0.1, 0.15) is 32.3 Å². The van der Waals surface area contributed by atoms with Crippen LogP contribution in [-0.4, -0.2) is 62.4 Å². The number of rotatable bonds is 15. The van der Waals surface area contributed by atoms with E-state index >= 15 is 0 Å². The fourth-order valence-corrected chi connectivity index (χ4v) is 3.39. The molecule has 0 heterocycles. The Bertz CT molecular complexity index is 839. The molecule has 10 heteroatoms. The van der Waals surface area contributed by atoms with Crippen LogP contribution in [0.25, 0.3) is 0 Å². The number of Topliss-reactive ketones (excluding diaryl/α,β-unsaturated/α-hetero) is 1. The van der Waals surface area contributed by atoms with Gasteiger partial charge in [-0.25, -0.2) is 0 Å². The molecule has 33 heavy (non-hydrogen) atoms. The first-order chi connectivity index (χ1) is 15.8. The lowest BCUT2D eigenvalue weighted by Crippen LogP contribution is -2.51. The number of ketones is 1. The maximum Gasteiger partial charge on any atom is 0.243 e. The van der Waals surface area contributed by atoms with Gasteiger partial charge in [0.1, 0.15) is 18.6 Å². The SMILES string of the molecule is CC(C)C(=O)C1(COCNC(=O)CNC(=O)C(Cc2ccccc2)NC(=O)CNC=O)CC1. The normalized spacial score (nSPS) is 14.6. The Labute approximate surface area is 193 Å². The van der Waals surface area contributed by atoms with Crippen molar-refractivity contribution in [3.8, 4) is 0 Å². The van der Waals surface area contributed by atoms with E-state index in [0.717, 1.165) is 18.4 Å². The predicted octanol–water partition coefficient (Wildman–Crippen LogP) is -0.328. The lowest BCUT2D eigenvalue weighted by atomic mass is 9.93. The zero-order chi connectivity index (χ0) is 24.3. The molecule has 4 N–H and O–H groups in total. The van der Waals surface area contributed by atoms with E-state index < -0.39 is 29.2 Å². The minimum absolute atomic E-state index is 0.0561. The van der Waals surface area contributed by atoms with Gasteiger partial charge in [-0.3, -0.25) is 24.0 Å². The van der Waals surface area contributed by atoms with Crippen LogP contribution in [0.2, 0.25) is 0 Å². The lowest BCUT2D eigenvalue weighted by molar-refractivity contribution is -0.131. The molecule has 10 nitrogen and oxygen atoms in total. The third kappa shape index (κ3) is 8.64. The van der Waals surface area contributed by atoms with Crippen LogP contribution < -0.4 is 21.3 Å². The summed E-state index contributed by atoms with van der Waals surface area (Å²) >= 11 is 0. The van der Waals surface area contributed by atoms with Crippen LogP contribution in [-0.2, 0) is 35.1 Å². The van der Waals surface area contributed by atoms with E-state index in [2.05, 4.69) is 21.3 Å². The highest BCUT2D eigenvalue weighted by molar-refractivity contribution is 5.91. The summed E-state index contributed by atoms with van der Waals surface area (Å²) < 4.78 is 5.47. The van der Waals surface area contributed by atoms with Crippen LogP contribution >= 0.6 is 0 Å². The molecule has 0 bridgehead atoms. The molecule has 1 fully saturated rings. The standard InChI is InChI=1S/C23H32N4O6/c1-16(2)21(31)23(8-9-23)13-33-15-26-19(29)12-25-22(32)18(27-20(30)11-24-14-28)10-17-6-4-3-5-7-17/h3-7,14,16,18H,8-13,15H2,1-2H3,(H,24,28)(H,25,32)(H,26,29)(H,27,30). The van der Waals surface area contributed by atoms with E-state index in [0.29, 0.717) is 6.41 Å². The number of benzene rings is 1. The van der Waals surface area contributed by atoms with E-state index in [1.165, 1.54) is 0 Å². The van der Waals surface area contributed by atoms with E-state index in [-0.39, 0.29) is 44.5 Å². The van der Waals surface area contributed by atoms with Crippen LogP contribution in [0.4, 0.5) is 0 Å². The number of nitrogens with one attached hydrogen (secondary N) is 4. The first kappa shape index (κ1) is 26.0. The smallest absolute Gasteiger partial charge is 0.243 e. The molecule has 180 valence electrons. The van der Waals surface area contributed by atoms with Gasteiger partial charge in [0.2, 0.25) is 24.1 Å². The van der Waals surface area contributed by atoms with Crippen molar-refractivity contribution in [1.29, 1.82) is 0 Å². The third-order valence-corrected chi connectivity index (χ3v) is 5.35. The molecule has 1 aromatic rings. The summed E-state index contributed by atoms with van der Waals surface area (Å²) in [5.41, 5.74) is 0.401. The van der Waals surface area contributed by atoms with Crippen molar-refractivity contribution in [2.45, 2.75) is 39.2 Å². The maximum atomic E-state index is 12.6. The van der Waals surface area contributed by atoms with Gasteiger partial charge in [0.15, 0.2) is 0 Å². The van der Waals surface area contributed by atoms with E-state index in [1.807, 2.05) is 44.2 Å². The van der Waals surface area contributed by atoms with E-state index in [4.69, 9.17) is 4.74 Å². The Balaban J connectivity index is 1.77. The molecule has 0 spiro atoms. The molecule has 2 rings (SSSR count). The Hall–Kier alpha value is -3.27. The molecule has 1 saturated carbocycles. The van der Waals surface area contributed by atoms with Crippen LogP contribution in [0.3, 0.4) is 0 Å². The molecule has 1 aromatic carbocycles. The largest absolute Gasteiger partial charge is 0.360 e. The number of carbonyl (C=O) groups excluding carboxylic acids is 5.